The van der Waals surface area contributed by atoms with Gasteiger partial charge in [0.05, 0.1) is 0 Å². The van der Waals surface area contributed by atoms with Crippen LogP contribution in [0.2, 0.25) is 0 Å². The van der Waals surface area contributed by atoms with Crippen molar-refractivity contribution in [2.75, 3.05) is 13.2 Å². The Labute approximate surface area is 68.9 Å². The molecule has 0 N–H and O–H groups in total. The molecular formula is C9H18O2. The second kappa shape index (κ2) is 6.35. The first-order valence-corrected chi connectivity index (χ1v) is 4.24. The van der Waals surface area contributed by atoms with E-state index in [-0.39, 0.29) is 12.4 Å². The number of hydrogen-bond donors (Lipinski definition) is 0. The lowest BCUT2D eigenvalue weighted by Crippen LogP contribution is -2.07. The van der Waals surface area contributed by atoms with Crippen LogP contribution in [-0.2, 0) is 9.53 Å². The molecule has 0 saturated carbocycles. The van der Waals surface area contributed by atoms with Crippen LogP contribution in [0.5, 0.6) is 0 Å². The molecule has 2 heteroatoms. The maximum absolute atomic E-state index is 10.4. The number of Topliss-reactive ketones (excluding diaryl/α,β-unsaturated/α-hetero) is 1. The van der Waals surface area contributed by atoms with Crippen LogP contribution < -0.4 is 0 Å². The second-order valence-electron chi connectivity index (χ2n) is 3.06. The van der Waals surface area contributed by atoms with Crippen LogP contribution in [0.1, 0.15) is 33.6 Å². The van der Waals surface area contributed by atoms with Gasteiger partial charge in [0.1, 0.15) is 6.61 Å². The van der Waals surface area contributed by atoms with Crippen LogP contribution in [0.25, 0.3) is 0 Å². The van der Waals surface area contributed by atoms with Gasteiger partial charge >= 0.3 is 0 Å². The van der Waals surface area contributed by atoms with Crippen molar-refractivity contribution in [3.8, 4) is 0 Å². The smallest absolute Gasteiger partial charge is 0.155 e. The summed E-state index contributed by atoms with van der Waals surface area (Å²) < 4.78 is 5.12. The summed E-state index contributed by atoms with van der Waals surface area (Å²) in [6, 6.07) is 0. The van der Waals surface area contributed by atoms with Crippen molar-refractivity contribution in [3.05, 3.63) is 0 Å². The van der Waals surface area contributed by atoms with E-state index in [0.29, 0.717) is 12.5 Å². The molecule has 0 aliphatic heterocycles. The van der Waals surface area contributed by atoms with Crippen molar-refractivity contribution < 1.29 is 9.53 Å². The van der Waals surface area contributed by atoms with Crippen LogP contribution >= 0.6 is 0 Å². The van der Waals surface area contributed by atoms with Crippen LogP contribution in [0.3, 0.4) is 0 Å². The zero-order chi connectivity index (χ0) is 8.69. The Morgan fingerprint density at radius 1 is 1.55 bits per heavy atom. The summed E-state index contributed by atoms with van der Waals surface area (Å²) in [4.78, 5) is 10.4. The maximum Gasteiger partial charge on any atom is 0.155 e. The average Bonchev–Trinajstić information content (AvgIpc) is 1.97. The Bertz CT molecular complexity index is 110. The normalized spacial score (nSPS) is 13.0. The zero-order valence-electron chi connectivity index (χ0n) is 7.72. The fourth-order valence-corrected chi connectivity index (χ4v) is 0.705. The van der Waals surface area contributed by atoms with E-state index in [0.717, 1.165) is 6.42 Å². The molecular weight excluding hydrogens is 140 g/mol. The van der Waals surface area contributed by atoms with Crippen molar-refractivity contribution >= 4 is 5.78 Å². The summed E-state index contributed by atoms with van der Waals surface area (Å²) in [5.74, 6) is 0.816. The minimum absolute atomic E-state index is 0.106. The van der Waals surface area contributed by atoms with Gasteiger partial charge in [-0.05, 0) is 19.3 Å². The first-order valence-electron chi connectivity index (χ1n) is 4.24. The van der Waals surface area contributed by atoms with Gasteiger partial charge in [0.15, 0.2) is 5.78 Å². The van der Waals surface area contributed by atoms with Gasteiger partial charge in [-0.1, -0.05) is 20.3 Å². The largest absolute Gasteiger partial charge is 0.374 e. The third kappa shape index (κ3) is 7.53. The van der Waals surface area contributed by atoms with E-state index in [1.165, 1.54) is 6.42 Å². The van der Waals surface area contributed by atoms with E-state index < -0.39 is 0 Å². The molecule has 0 heterocycles. The molecule has 0 aliphatic rings. The number of rotatable bonds is 6. The molecule has 0 amide bonds. The molecule has 0 aromatic rings. The molecule has 0 bridgehead atoms. The fraction of sp³-hybridized carbons (Fsp3) is 0.889. The van der Waals surface area contributed by atoms with E-state index in [1.807, 2.05) is 0 Å². The van der Waals surface area contributed by atoms with Crippen LogP contribution in [0.15, 0.2) is 0 Å². The van der Waals surface area contributed by atoms with Crippen molar-refractivity contribution in [3.63, 3.8) is 0 Å². The summed E-state index contributed by atoms with van der Waals surface area (Å²) in [7, 11) is 0. The first kappa shape index (κ1) is 10.6. The molecule has 2 nitrogen and oxygen atoms in total. The zero-order valence-corrected chi connectivity index (χ0v) is 7.72. The molecule has 0 aromatic carbocycles. The van der Waals surface area contributed by atoms with E-state index in [1.54, 1.807) is 6.92 Å². The fourth-order valence-electron chi connectivity index (χ4n) is 0.705. The quantitative estimate of drug-likeness (QED) is 0.553. The van der Waals surface area contributed by atoms with Crippen LogP contribution in [0.4, 0.5) is 0 Å². The number of carbonyl (C=O) groups is 1. The first-order chi connectivity index (χ1) is 5.16. The maximum atomic E-state index is 10.4. The molecule has 66 valence electrons. The number of ether oxygens (including phenoxy) is 1. The lowest BCUT2D eigenvalue weighted by atomic mass is 10.1. The molecule has 0 saturated heterocycles. The second-order valence-corrected chi connectivity index (χ2v) is 3.06. The highest BCUT2D eigenvalue weighted by Gasteiger charge is 1.98. The highest BCUT2D eigenvalue weighted by atomic mass is 16.5. The van der Waals surface area contributed by atoms with Crippen molar-refractivity contribution in [1.29, 1.82) is 0 Å². The molecule has 0 fully saturated rings. The molecule has 1 atom stereocenters. The third-order valence-corrected chi connectivity index (χ3v) is 1.76. The Kier molecular flexibility index (Phi) is 6.13. The third-order valence-electron chi connectivity index (χ3n) is 1.76. The Morgan fingerprint density at radius 3 is 2.64 bits per heavy atom. The lowest BCUT2D eigenvalue weighted by Gasteiger charge is -2.07. The predicted octanol–water partition coefficient (Wildman–Crippen LogP) is 2.03. The van der Waals surface area contributed by atoms with Gasteiger partial charge in [-0.25, -0.2) is 0 Å². The highest BCUT2D eigenvalue weighted by Crippen LogP contribution is 2.05. The highest BCUT2D eigenvalue weighted by molar-refractivity contribution is 5.76. The number of carbonyl (C=O) groups excluding carboxylic acids is 1. The average molecular weight is 158 g/mol. The van der Waals surface area contributed by atoms with Gasteiger partial charge in [-0.3, -0.25) is 4.79 Å². The topological polar surface area (TPSA) is 26.3 Å². The summed E-state index contributed by atoms with van der Waals surface area (Å²) in [5.41, 5.74) is 0. The molecule has 0 spiro atoms. The van der Waals surface area contributed by atoms with E-state index in [4.69, 9.17) is 4.74 Å². The SMILES string of the molecule is CCC(C)CCOCC(C)=O. The molecule has 0 aliphatic carbocycles. The van der Waals surface area contributed by atoms with Crippen LogP contribution in [0, 0.1) is 5.92 Å². The molecule has 11 heavy (non-hydrogen) atoms. The minimum Gasteiger partial charge on any atom is -0.374 e. The van der Waals surface area contributed by atoms with Gasteiger partial charge in [-0.15, -0.1) is 0 Å². The van der Waals surface area contributed by atoms with E-state index in [2.05, 4.69) is 13.8 Å². The number of ketones is 1. The van der Waals surface area contributed by atoms with Crippen molar-refractivity contribution in [2.45, 2.75) is 33.6 Å². The Morgan fingerprint density at radius 2 is 2.18 bits per heavy atom. The Hall–Kier alpha value is -0.370. The summed E-state index contributed by atoms with van der Waals surface area (Å²) in [6.07, 6.45) is 2.24. The minimum atomic E-state index is 0.106. The molecule has 1 unspecified atom stereocenters. The predicted molar refractivity (Wildman–Crippen MR) is 45.6 cm³/mol. The number of hydrogen-bond acceptors (Lipinski definition) is 2. The summed E-state index contributed by atoms with van der Waals surface area (Å²) in [6.45, 7) is 6.89. The van der Waals surface area contributed by atoms with Gasteiger partial charge < -0.3 is 4.74 Å². The molecule has 0 rings (SSSR count). The van der Waals surface area contributed by atoms with E-state index >= 15 is 0 Å². The summed E-state index contributed by atoms with van der Waals surface area (Å²) >= 11 is 0. The lowest BCUT2D eigenvalue weighted by molar-refractivity contribution is -0.121. The van der Waals surface area contributed by atoms with Gasteiger partial charge in [-0.2, -0.15) is 0 Å². The van der Waals surface area contributed by atoms with E-state index in [9.17, 15) is 4.79 Å². The van der Waals surface area contributed by atoms with Gasteiger partial charge in [0.2, 0.25) is 0 Å². The van der Waals surface area contributed by atoms with Gasteiger partial charge in [0, 0.05) is 6.61 Å². The van der Waals surface area contributed by atoms with Crippen LogP contribution in [-0.4, -0.2) is 19.0 Å². The Balaban J connectivity index is 3.08. The molecule has 0 radical (unpaired) electrons. The molecule has 0 aromatic heterocycles. The van der Waals surface area contributed by atoms with Crippen molar-refractivity contribution in [1.82, 2.24) is 0 Å². The van der Waals surface area contributed by atoms with Crippen molar-refractivity contribution in [2.24, 2.45) is 5.92 Å². The standard InChI is InChI=1S/C9H18O2/c1-4-8(2)5-6-11-7-9(3)10/h8H,4-7H2,1-3H3. The monoisotopic (exact) mass is 158 g/mol. The summed E-state index contributed by atoms with van der Waals surface area (Å²) in [5, 5.41) is 0. The van der Waals surface area contributed by atoms with Gasteiger partial charge in [0.25, 0.3) is 0 Å².